The minimum Gasteiger partial charge on any atom is -0.365 e. The van der Waals surface area contributed by atoms with Crippen LogP contribution >= 0.6 is 23.2 Å². The molecule has 4 rings (SSSR count). The summed E-state index contributed by atoms with van der Waals surface area (Å²) in [7, 11) is 0. The smallest absolute Gasteiger partial charge is 0.252 e. The molecule has 7 heteroatoms. The molecule has 1 amide bonds. The van der Waals surface area contributed by atoms with Crippen LogP contribution in [0, 0.1) is 0 Å². The van der Waals surface area contributed by atoms with Crippen molar-refractivity contribution >= 4 is 34.8 Å². The molecule has 29 heavy (non-hydrogen) atoms. The van der Waals surface area contributed by atoms with Gasteiger partial charge in [0.05, 0.1) is 34.3 Å². The van der Waals surface area contributed by atoms with E-state index in [1.165, 1.54) is 0 Å². The Morgan fingerprint density at radius 2 is 1.83 bits per heavy atom. The van der Waals surface area contributed by atoms with Gasteiger partial charge >= 0.3 is 0 Å². The fourth-order valence-corrected chi connectivity index (χ4v) is 4.30. The Labute approximate surface area is 179 Å². The molecule has 0 spiro atoms. The normalized spacial score (nSPS) is 13.1. The summed E-state index contributed by atoms with van der Waals surface area (Å²) in [5.41, 5.74) is 9.47. The van der Waals surface area contributed by atoms with Crippen LogP contribution in [0.1, 0.15) is 16.1 Å². The molecule has 0 fully saturated rings. The number of benzene rings is 2. The zero-order valence-corrected chi connectivity index (χ0v) is 17.2. The molecule has 1 aromatic heterocycles. The maximum absolute atomic E-state index is 12.2. The zero-order valence-electron chi connectivity index (χ0n) is 15.7. The molecule has 2 heterocycles. The number of hydrogen-bond donors (Lipinski definition) is 2. The molecule has 148 valence electrons. The Morgan fingerprint density at radius 1 is 1.07 bits per heavy atom. The molecular weight excluding hydrogens is 407 g/mol. The van der Waals surface area contributed by atoms with Crippen LogP contribution in [0.15, 0.2) is 67.0 Å². The molecule has 0 aliphatic carbocycles. The average molecular weight is 427 g/mol. The van der Waals surface area contributed by atoms with Gasteiger partial charge in [-0.1, -0.05) is 66.2 Å². The third-order valence-corrected chi connectivity index (χ3v) is 5.64. The van der Waals surface area contributed by atoms with Crippen molar-refractivity contribution in [3.63, 3.8) is 0 Å². The first-order chi connectivity index (χ1) is 14.0. The van der Waals surface area contributed by atoms with Gasteiger partial charge in [-0.2, -0.15) is 0 Å². The van der Waals surface area contributed by atoms with E-state index in [0.717, 1.165) is 22.6 Å². The van der Waals surface area contributed by atoms with E-state index in [-0.39, 0.29) is 0 Å². The van der Waals surface area contributed by atoms with Crippen molar-refractivity contribution in [1.29, 1.82) is 0 Å². The van der Waals surface area contributed by atoms with Crippen LogP contribution in [0.5, 0.6) is 0 Å². The quantitative estimate of drug-likeness (QED) is 0.605. The van der Waals surface area contributed by atoms with Gasteiger partial charge in [-0.05, 0) is 23.8 Å². The van der Waals surface area contributed by atoms with Gasteiger partial charge in [0.15, 0.2) is 0 Å². The predicted molar refractivity (Wildman–Crippen MR) is 118 cm³/mol. The Morgan fingerprint density at radius 3 is 2.52 bits per heavy atom. The van der Waals surface area contributed by atoms with E-state index >= 15 is 0 Å². The molecule has 0 bridgehead atoms. The molecule has 1 aliphatic heterocycles. The standard InChI is InChI=1S/C22H20Cl2N4O/c1-14(26-17-9-5-8-16(23)12-17)27-10-11-28-18(13-27)19(22(25)29)20(24)21(28)15-6-3-2-4-7-15/h2-9,12,26H,1,10-11,13H2,(H2,25,29). The second-order valence-corrected chi connectivity index (χ2v) is 7.68. The molecule has 0 unspecified atom stereocenters. The van der Waals surface area contributed by atoms with Crippen LogP contribution in [0.25, 0.3) is 11.3 Å². The summed E-state index contributed by atoms with van der Waals surface area (Å²) >= 11 is 12.7. The Hall–Kier alpha value is -2.89. The number of carbonyl (C=O) groups excluding carboxylic acids is 1. The molecule has 3 N–H and O–H groups in total. The molecule has 2 aromatic carbocycles. The fraction of sp³-hybridized carbons (Fsp3) is 0.136. The first-order valence-corrected chi connectivity index (χ1v) is 9.94. The summed E-state index contributed by atoms with van der Waals surface area (Å²) in [4.78, 5) is 14.3. The summed E-state index contributed by atoms with van der Waals surface area (Å²) in [6.45, 7) is 5.99. The number of nitrogens with zero attached hydrogens (tertiary/aromatic N) is 2. The number of carbonyl (C=O) groups is 1. The van der Waals surface area contributed by atoms with Crippen molar-refractivity contribution in [2.24, 2.45) is 5.73 Å². The summed E-state index contributed by atoms with van der Waals surface area (Å²) in [6, 6.07) is 17.2. The van der Waals surface area contributed by atoms with Crippen molar-refractivity contribution in [2.75, 3.05) is 11.9 Å². The highest BCUT2D eigenvalue weighted by atomic mass is 35.5. The lowest BCUT2D eigenvalue weighted by Crippen LogP contribution is -2.36. The number of aromatic nitrogens is 1. The molecule has 5 nitrogen and oxygen atoms in total. The minimum absolute atomic E-state index is 0.366. The predicted octanol–water partition coefficient (Wildman–Crippen LogP) is 4.96. The van der Waals surface area contributed by atoms with Crippen molar-refractivity contribution in [2.45, 2.75) is 13.1 Å². The largest absolute Gasteiger partial charge is 0.365 e. The van der Waals surface area contributed by atoms with Crippen LogP contribution in [-0.4, -0.2) is 21.9 Å². The summed E-state index contributed by atoms with van der Waals surface area (Å²) < 4.78 is 2.08. The summed E-state index contributed by atoms with van der Waals surface area (Å²) in [5.74, 6) is 0.184. The van der Waals surface area contributed by atoms with Crippen LogP contribution in [0.3, 0.4) is 0 Å². The highest BCUT2D eigenvalue weighted by Gasteiger charge is 2.30. The number of hydrogen-bond acceptors (Lipinski definition) is 3. The Balaban J connectivity index is 1.67. The average Bonchev–Trinajstić information content (AvgIpc) is 2.99. The van der Waals surface area contributed by atoms with Gasteiger partial charge in [0, 0.05) is 23.8 Å². The zero-order chi connectivity index (χ0) is 20.5. The van der Waals surface area contributed by atoms with E-state index in [2.05, 4.69) is 21.4 Å². The lowest BCUT2D eigenvalue weighted by molar-refractivity contribution is 0.0997. The van der Waals surface area contributed by atoms with Crippen LogP contribution in [0.4, 0.5) is 5.69 Å². The third-order valence-electron chi connectivity index (χ3n) is 5.03. The van der Waals surface area contributed by atoms with Gasteiger partial charge in [-0.3, -0.25) is 4.79 Å². The SMILES string of the molecule is C=C(Nc1cccc(Cl)c1)N1CCn2c(c(C(N)=O)c(Cl)c2-c2ccccc2)C1. The molecule has 1 aliphatic rings. The van der Waals surface area contributed by atoms with Gasteiger partial charge < -0.3 is 20.5 Å². The first kappa shape index (κ1) is 19.4. The van der Waals surface area contributed by atoms with E-state index in [9.17, 15) is 4.79 Å². The number of halogens is 2. The third kappa shape index (κ3) is 3.71. The molecule has 0 saturated heterocycles. The number of primary amides is 1. The van der Waals surface area contributed by atoms with Gasteiger partial charge in [-0.25, -0.2) is 0 Å². The van der Waals surface area contributed by atoms with E-state index in [0.29, 0.717) is 41.1 Å². The van der Waals surface area contributed by atoms with Gasteiger partial charge in [0.1, 0.15) is 0 Å². The second-order valence-electron chi connectivity index (χ2n) is 6.87. The van der Waals surface area contributed by atoms with Crippen molar-refractivity contribution < 1.29 is 4.79 Å². The maximum Gasteiger partial charge on any atom is 0.252 e. The second kappa shape index (κ2) is 7.85. The summed E-state index contributed by atoms with van der Waals surface area (Å²) in [5, 5.41) is 4.31. The van der Waals surface area contributed by atoms with E-state index in [1.54, 1.807) is 0 Å². The van der Waals surface area contributed by atoms with Gasteiger partial charge in [0.25, 0.3) is 5.91 Å². The number of anilines is 1. The topological polar surface area (TPSA) is 63.3 Å². The number of amides is 1. The van der Waals surface area contributed by atoms with Crippen LogP contribution in [-0.2, 0) is 13.1 Å². The fourth-order valence-electron chi connectivity index (χ4n) is 3.70. The number of fused-ring (bicyclic) bond motifs is 1. The molecule has 0 saturated carbocycles. The van der Waals surface area contributed by atoms with Crippen molar-refractivity contribution in [1.82, 2.24) is 9.47 Å². The number of rotatable bonds is 5. The Kier molecular flexibility index (Phi) is 5.26. The Bertz CT molecular complexity index is 1090. The monoisotopic (exact) mass is 426 g/mol. The molecular formula is C22H20Cl2N4O. The highest BCUT2D eigenvalue weighted by molar-refractivity contribution is 6.36. The van der Waals surface area contributed by atoms with E-state index < -0.39 is 5.91 Å². The van der Waals surface area contributed by atoms with E-state index in [4.69, 9.17) is 28.9 Å². The van der Waals surface area contributed by atoms with Crippen molar-refractivity contribution in [3.05, 3.63) is 88.3 Å². The lowest BCUT2D eigenvalue weighted by atomic mass is 10.1. The highest BCUT2D eigenvalue weighted by Crippen LogP contribution is 2.38. The molecule has 0 radical (unpaired) electrons. The maximum atomic E-state index is 12.2. The molecule has 3 aromatic rings. The van der Waals surface area contributed by atoms with Crippen LogP contribution < -0.4 is 11.1 Å². The lowest BCUT2D eigenvalue weighted by Gasteiger charge is -2.33. The van der Waals surface area contributed by atoms with Crippen molar-refractivity contribution in [3.8, 4) is 11.3 Å². The van der Waals surface area contributed by atoms with Gasteiger partial charge in [0.2, 0.25) is 0 Å². The number of nitrogens with one attached hydrogen (secondary N) is 1. The summed E-state index contributed by atoms with van der Waals surface area (Å²) in [6.07, 6.45) is 0. The molecule has 0 atom stereocenters. The van der Waals surface area contributed by atoms with Crippen LogP contribution in [0.2, 0.25) is 10.0 Å². The van der Waals surface area contributed by atoms with E-state index in [1.807, 2.05) is 54.6 Å². The van der Waals surface area contributed by atoms with Gasteiger partial charge in [-0.15, -0.1) is 0 Å². The minimum atomic E-state index is -0.531. The first-order valence-electron chi connectivity index (χ1n) is 9.18. The number of nitrogens with two attached hydrogens (primary N) is 1.